The van der Waals surface area contributed by atoms with Gasteiger partial charge in [-0.3, -0.25) is 9.59 Å². The molecule has 2 aromatic carbocycles. The lowest BCUT2D eigenvalue weighted by molar-refractivity contribution is -0.113. The van der Waals surface area contributed by atoms with Gasteiger partial charge in [0.05, 0.1) is 25.1 Å². The number of hydrogen-bond donors (Lipinski definition) is 2. The molecule has 0 fully saturated rings. The van der Waals surface area contributed by atoms with Gasteiger partial charge in [0.2, 0.25) is 5.91 Å². The van der Waals surface area contributed by atoms with Gasteiger partial charge in [-0.1, -0.05) is 17.8 Å². The van der Waals surface area contributed by atoms with Crippen molar-refractivity contribution in [2.45, 2.75) is 11.7 Å². The van der Waals surface area contributed by atoms with E-state index in [1.54, 1.807) is 35.9 Å². The number of benzene rings is 2. The van der Waals surface area contributed by atoms with Crippen molar-refractivity contribution in [3.8, 4) is 5.75 Å². The molecular weight excluding hydrogens is 447 g/mol. The number of amides is 2. The highest BCUT2D eigenvalue weighted by Crippen LogP contribution is 2.21. The van der Waals surface area contributed by atoms with Gasteiger partial charge in [-0.15, -0.1) is 10.2 Å². The predicted octanol–water partition coefficient (Wildman–Crippen LogP) is 2.90. The van der Waals surface area contributed by atoms with E-state index in [0.717, 1.165) is 23.9 Å². The molecule has 1 heterocycles. The van der Waals surface area contributed by atoms with Crippen molar-refractivity contribution in [3.63, 3.8) is 0 Å². The van der Waals surface area contributed by atoms with E-state index in [-0.39, 0.29) is 18.2 Å². The van der Waals surface area contributed by atoms with E-state index in [2.05, 4.69) is 20.8 Å². The Morgan fingerprint density at radius 2 is 1.91 bits per heavy atom. The molecule has 3 rings (SSSR count). The highest BCUT2D eigenvalue weighted by atomic mass is 32.2. The number of nitrogens with one attached hydrogen (secondary N) is 2. The molecule has 0 bridgehead atoms. The minimum absolute atomic E-state index is 0.0896. The maximum atomic E-state index is 13.7. The fourth-order valence-electron chi connectivity index (χ4n) is 2.59. The Balaban J connectivity index is 1.55. The summed E-state index contributed by atoms with van der Waals surface area (Å²) in [5.41, 5.74) is -0.0457. The Hall–Kier alpha value is -3.54. The van der Waals surface area contributed by atoms with E-state index in [1.165, 1.54) is 7.11 Å². The molecule has 0 atom stereocenters. The van der Waals surface area contributed by atoms with Crippen molar-refractivity contribution in [3.05, 3.63) is 65.2 Å². The molecular formula is C20H18F3N5O3S. The van der Waals surface area contributed by atoms with E-state index in [4.69, 9.17) is 4.74 Å². The van der Waals surface area contributed by atoms with Gasteiger partial charge in [0.1, 0.15) is 5.75 Å². The zero-order chi connectivity index (χ0) is 23.3. The topological polar surface area (TPSA) is 98.1 Å². The number of thioether (sulfide) groups is 1. The zero-order valence-corrected chi connectivity index (χ0v) is 17.8. The lowest BCUT2D eigenvalue weighted by Gasteiger charge is -2.08. The molecule has 0 aliphatic heterocycles. The van der Waals surface area contributed by atoms with Crippen LogP contribution in [-0.2, 0) is 18.4 Å². The van der Waals surface area contributed by atoms with Crippen LogP contribution in [0.3, 0.4) is 0 Å². The summed E-state index contributed by atoms with van der Waals surface area (Å²) in [7, 11) is 3.16. The molecule has 0 spiro atoms. The minimum Gasteiger partial charge on any atom is -0.497 e. The Kier molecular flexibility index (Phi) is 7.36. The van der Waals surface area contributed by atoms with E-state index in [9.17, 15) is 22.8 Å². The van der Waals surface area contributed by atoms with Gasteiger partial charge in [-0.25, -0.2) is 13.2 Å². The second-order valence-electron chi connectivity index (χ2n) is 6.43. The van der Waals surface area contributed by atoms with Gasteiger partial charge in [0.15, 0.2) is 28.4 Å². The van der Waals surface area contributed by atoms with Crippen LogP contribution < -0.4 is 15.4 Å². The van der Waals surface area contributed by atoms with E-state index in [0.29, 0.717) is 22.3 Å². The maximum Gasteiger partial charge on any atom is 0.251 e. The molecule has 0 aliphatic rings. The Morgan fingerprint density at radius 1 is 1.12 bits per heavy atom. The van der Waals surface area contributed by atoms with Crippen LogP contribution in [0.25, 0.3) is 0 Å². The van der Waals surface area contributed by atoms with Crippen LogP contribution in [0.1, 0.15) is 16.2 Å². The fraction of sp³-hybridized carbons (Fsp3) is 0.200. The molecule has 0 saturated carbocycles. The first-order chi connectivity index (χ1) is 15.3. The fourth-order valence-corrected chi connectivity index (χ4v) is 3.32. The van der Waals surface area contributed by atoms with Crippen LogP contribution in [0.2, 0.25) is 0 Å². The zero-order valence-electron chi connectivity index (χ0n) is 17.0. The minimum atomic E-state index is -1.66. The van der Waals surface area contributed by atoms with Crippen LogP contribution in [0.15, 0.2) is 41.6 Å². The second kappa shape index (κ2) is 10.2. The predicted molar refractivity (Wildman–Crippen MR) is 111 cm³/mol. The smallest absolute Gasteiger partial charge is 0.251 e. The molecule has 168 valence electrons. The monoisotopic (exact) mass is 465 g/mol. The molecule has 0 saturated heterocycles. The van der Waals surface area contributed by atoms with Gasteiger partial charge >= 0.3 is 0 Å². The van der Waals surface area contributed by atoms with Crippen molar-refractivity contribution in [2.24, 2.45) is 7.05 Å². The van der Waals surface area contributed by atoms with E-state index in [1.807, 2.05) is 0 Å². The number of ether oxygens (including phenoxy) is 1. The molecule has 8 nitrogen and oxygen atoms in total. The van der Waals surface area contributed by atoms with E-state index < -0.39 is 29.0 Å². The molecule has 1 aromatic heterocycles. The van der Waals surface area contributed by atoms with Crippen LogP contribution in [0.4, 0.5) is 18.9 Å². The summed E-state index contributed by atoms with van der Waals surface area (Å²) in [6.07, 6.45) is 0. The summed E-state index contributed by atoms with van der Waals surface area (Å²) < 4.78 is 46.6. The number of aromatic nitrogens is 3. The lowest BCUT2D eigenvalue weighted by Crippen LogP contribution is -2.24. The van der Waals surface area contributed by atoms with Gasteiger partial charge in [-0.05, 0) is 30.3 Å². The first-order valence-electron chi connectivity index (χ1n) is 9.16. The summed E-state index contributed by atoms with van der Waals surface area (Å²) in [5.74, 6) is -4.64. The van der Waals surface area contributed by atoms with Crippen molar-refractivity contribution >= 4 is 29.3 Å². The number of methoxy groups -OCH3 is 1. The summed E-state index contributed by atoms with van der Waals surface area (Å²) >= 11 is 1.00. The number of nitrogens with zero attached hydrogens (tertiary/aromatic N) is 3. The number of carbonyl (C=O) groups is 2. The molecule has 32 heavy (non-hydrogen) atoms. The quantitative estimate of drug-likeness (QED) is 0.392. The van der Waals surface area contributed by atoms with Crippen LogP contribution in [0, 0.1) is 17.5 Å². The van der Waals surface area contributed by atoms with Crippen molar-refractivity contribution in [1.82, 2.24) is 20.1 Å². The number of anilines is 1. The molecule has 2 N–H and O–H groups in total. The highest BCUT2D eigenvalue weighted by molar-refractivity contribution is 7.99. The third-order valence-corrected chi connectivity index (χ3v) is 5.33. The van der Waals surface area contributed by atoms with Crippen molar-refractivity contribution < 1.29 is 27.5 Å². The average molecular weight is 465 g/mol. The highest BCUT2D eigenvalue weighted by Gasteiger charge is 2.17. The summed E-state index contributed by atoms with van der Waals surface area (Å²) in [4.78, 5) is 24.3. The number of carbonyl (C=O) groups excluding carboxylic acids is 2. The molecule has 3 aromatic rings. The third-order valence-electron chi connectivity index (χ3n) is 4.31. The Morgan fingerprint density at radius 3 is 2.66 bits per heavy atom. The molecule has 0 unspecified atom stereocenters. The summed E-state index contributed by atoms with van der Waals surface area (Å²) in [5, 5.41) is 13.2. The van der Waals surface area contributed by atoms with Crippen molar-refractivity contribution in [1.29, 1.82) is 0 Å². The van der Waals surface area contributed by atoms with Crippen LogP contribution in [-0.4, -0.2) is 39.4 Å². The first-order valence-corrected chi connectivity index (χ1v) is 10.2. The molecule has 12 heteroatoms. The molecule has 2 amide bonds. The molecule has 0 aliphatic carbocycles. The van der Waals surface area contributed by atoms with Gasteiger partial charge < -0.3 is 19.9 Å². The summed E-state index contributed by atoms with van der Waals surface area (Å²) in [6.45, 7) is 0.0896. The number of hydrogen-bond acceptors (Lipinski definition) is 6. The average Bonchev–Trinajstić information content (AvgIpc) is 3.15. The third kappa shape index (κ3) is 5.38. The number of halogens is 3. The Bertz CT molecular complexity index is 1160. The van der Waals surface area contributed by atoms with Crippen LogP contribution in [0.5, 0.6) is 5.75 Å². The Labute approximate surface area is 185 Å². The largest absolute Gasteiger partial charge is 0.497 e. The molecule has 0 radical (unpaired) electrons. The van der Waals surface area contributed by atoms with Crippen molar-refractivity contribution in [2.75, 3.05) is 18.2 Å². The number of rotatable bonds is 8. The first kappa shape index (κ1) is 23.1. The van der Waals surface area contributed by atoms with Gasteiger partial charge in [0.25, 0.3) is 5.91 Å². The van der Waals surface area contributed by atoms with Gasteiger partial charge in [0, 0.05) is 12.6 Å². The normalized spacial score (nSPS) is 10.7. The standard InChI is InChI=1S/C20H18F3N5O3S/c1-28-15(9-24-19(30)11-4-3-5-12(8-11)31-2)26-27-20(28)32-10-16(29)25-14-7-6-13(21)17(22)18(14)23/h3-8H,9-10H2,1-2H3,(H,24,30)(H,25,29). The second-order valence-corrected chi connectivity index (χ2v) is 7.37. The maximum absolute atomic E-state index is 13.7. The van der Waals surface area contributed by atoms with E-state index >= 15 is 0 Å². The van der Waals surface area contributed by atoms with Gasteiger partial charge in [-0.2, -0.15) is 0 Å². The SMILES string of the molecule is COc1cccc(C(=O)NCc2nnc(SCC(=O)Nc3ccc(F)c(F)c3F)n2C)c1. The van der Waals surface area contributed by atoms with Crippen LogP contribution >= 0.6 is 11.8 Å². The summed E-state index contributed by atoms with van der Waals surface area (Å²) in [6, 6.07) is 8.31. The lowest BCUT2D eigenvalue weighted by atomic mass is 10.2.